The smallest absolute Gasteiger partial charge is 0.410 e. The zero-order valence-electron chi connectivity index (χ0n) is 10.5. The third kappa shape index (κ3) is 2.30. The van der Waals surface area contributed by atoms with Crippen molar-refractivity contribution < 1.29 is 9.90 Å². The third-order valence-electron chi connectivity index (χ3n) is 2.81. The Bertz CT molecular complexity index is 800. The van der Waals surface area contributed by atoms with Crippen LogP contribution < -0.4 is 5.32 Å². The summed E-state index contributed by atoms with van der Waals surface area (Å²) in [5, 5.41) is 11.2. The number of amides is 1. The van der Waals surface area contributed by atoms with E-state index >= 15 is 0 Å². The summed E-state index contributed by atoms with van der Waals surface area (Å²) in [6.45, 7) is 2.01. The van der Waals surface area contributed by atoms with Crippen LogP contribution in [0.5, 0.6) is 0 Å². The topological polar surface area (TPSA) is 88.0 Å². The van der Waals surface area contributed by atoms with E-state index in [4.69, 9.17) is 5.11 Å². The fourth-order valence-corrected chi connectivity index (χ4v) is 2.73. The molecule has 0 aliphatic carbocycles. The largest absolute Gasteiger partial charge is 0.465 e. The van der Waals surface area contributed by atoms with Gasteiger partial charge in [-0.3, -0.25) is 10.3 Å². The Hall–Kier alpha value is -2.54. The lowest BCUT2D eigenvalue weighted by atomic mass is 10.1. The number of aromatic nitrogens is 3. The number of fused-ring (bicyclic) bond motifs is 1. The van der Waals surface area contributed by atoms with Gasteiger partial charge in [-0.2, -0.15) is 4.98 Å². The van der Waals surface area contributed by atoms with E-state index in [0.29, 0.717) is 10.8 Å². The van der Waals surface area contributed by atoms with E-state index in [9.17, 15) is 4.79 Å². The van der Waals surface area contributed by atoms with Crippen LogP contribution in [0.25, 0.3) is 21.5 Å². The van der Waals surface area contributed by atoms with Crippen molar-refractivity contribution in [3.8, 4) is 11.1 Å². The van der Waals surface area contributed by atoms with Crippen LogP contribution in [-0.2, 0) is 0 Å². The van der Waals surface area contributed by atoms with E-state index in [1.54, 1.807) is 18.6 Å². The van der Waals surface area contributed by atoms with Gasteiger partial charge in [0.15, 0.2) is 10.8 Å². The number of hydrogen-bond donors (Lipinski definition) is 2. The van der Waals surface area contributed by atoms with Crippen molar-refractivity contribution in [2.45, 2.75) is 6.92 Å². The summed E-state index contributed by atoms with van der Waals surface area (Å²) >= 11 is 1.25. The van der Waals surface area contributed by atoms with Crippen molar-refractivity contribution in [3.63, 3.8) is 0 Å². The van der Waals surface area contributed by atoms with Gasteiger partial charge in [0.05, 0.1) is 4.70 Å². The molecule has 7 heteroatoms. The minimum absolute atomic E-state index is 0.319. The summed E-state index contributed by atoms with van der Waals surface area (Å²) in [4.78, 5) is 23.1. The lowest BCUT2D eigenvalue weighted by Gasteiger charge is -2.03. The summed E-state index contributed by atoms with van der Waals surface area (Å²) in [6, 6.07) is 3.88. The maximum Gasteiger partial charge on any atom is 0.410 e. The molecule has 3 heterocycles. The molecule has 0 unspecified atom stereocenters. The van der Waals surface area contributed by atoms with E-state index in [-0.39, 0.29) is 0 Å². The van der Waals surface area contributed by atoms with Crippen LogP contribution in [0.2, 0.25) is 0 Å². The zero-order chi connectivity index (χ0) is 14.1. The molecule has 100 valence electrons. The van der Waals surface area contributed by atoms with Gasteiger partial charge in [-0.15, -0.1) is 0 Å². The van der Waals surface area contributed by atoms with Gasteiger partial charge in [0.25, 0.3) is 0 Å². The molecule has 0 spiro atoms. The van der Waals surface area contributed by atoms with Crippen molar-refractivity contribution in [2.75, 3.05) is 5.32 Å². The Labute approximate surface area is 118 Å². The number of anilines is 1. The molecular weight excluding hydrogens is 276 g/mol. The molecular formula is C13H10N4O2S. The molecule has 2 N–H and O–H groups in total. The molecule has 0 saturated heterocycles. The van der Waals surface area contributed by atoms with E-state index < -0.39 is 6.09 Å². The molecule has 3 rings (SSSR count). The van der Waals surface area contributed by atoms with E-state index in [1.807, 2.05) is 19.1 Å². The molecule has 0 aromatic carbocycles. The second kappa shape index (κ2) is 4.86. The first-order chi connectivity index (χ1) is 9.63. The first-order valence-corrected chi connectivity index (χ1v) is 6.62. The summed E-state index contributed by atoms with van der Waals surface area (Å²) in [6.07, 6.45) is 4.12. The number of pyridine rings is 2. The first-order valence-electron chi connectivity index (χ1n) is 5.81. The van der Waals surface area contributed by atoms with E-state index in [0.717, 1.165) is 21.4 Å². The average molecular weight is 286 g/mol. The van der Waals surface area contributed by atoms with Gasteiger partial charge in [0.2, 0.25) is 0 Å². The molecule has 0 atom stereocenters. The molecule has 6 nitrogen and oxygen atoms in total. The Balaban J connectivity index is 2.07. The summed E-state index contributed by atoms with van der Waals surface area (Å²) in [5.74, 6) is 0. The number of hydrogen-bond acceptors (Lipinski definition) is 5. The summed E-state index contributed by atoms with van der Waals surface area (Å²) in [7, 11) is 0. The van der Waals surface area contributed by atoms with Gasteiger partial charge < -0.3 is 5.11 Å². The number of carbonyl (C=O) groups is 1. The number of carboxylic acid groups (broad SMARTS) is 1. The van der Waals surface area contributed by atoms with Gasteiger partial charge in [-0.1, -0.05) is 11.3 Å². The predicted octanol–water partition coefficient (Wildman–Crippen LogP) is 3.15. The molecule has 0 bridgehead atoms. The second-order valence-electron chi connectivity index (χ2n) is 4.19. The lowest BCUT2D eigenvalue weighted by Crippen LogP contribution is -2.06. The highest BCUT2D eigenvalue weighted by Crippen LogP contribution is 2.29. The first kappa shape index (κ1) is 12.5. The molecule has 0 aliphatic rings. The highest BCUT2D eigenvalue weighted by molar-refractivity contribution is 7.22. The summed E-state index contributed by atoms with van der Waals surface area (Å²) < 4.78 is 0.828. The lowest BCUT2D eigenvalue weighted by molar-refractivity contribution is 0.210. The van der Waals surface area contributed by atoms with Crippen LogP contribution in [-0.4, -0.2) is 26.2 Å². The molecule has 0 saturated carbocycles. The van der Waals surface area contributed by atoms with Gasteiger partial charge in [0, 0.05) is 29.7 Å². The molecule has 0 aliphatic heterocycles. The van der Waals surface area contributed by atoms with Gasteiger partial charge >= 0.3 is 6.09 Å². The van der Waals surface area contributed by atoms with Crippen molar-refractivity contribution in [3.05, 3.63) is 36.3 Å². The van der Waals surface area contributed by atoms with Crippen molar-refractivity contribution in [1.29, 1.82) is 0 Å². The summed E-state index contributed by atoms with van der Waals surface area (Å²) in [5.41, 5.74) is 3.58. The highest BCUT2D eigenvalue weighted by Gasteiger charge is 2.09. The number of nitrogens with zero attached hydrogens (tertiary/aromatic N) is 3. The van der Waals surface area contributed by atoms with Crippen LogP contribution in [0.15, 0.2) is 30.7 Å². The van der Waals surface area contributed by atoms with Gasteiger partial charge in [0.1, 0.15) is 0 Å². The Morgan fingerprint density at radius 3 is 3.00 bits per heavy atom. The van der Waals surface area contributed by atoms with Crippen LogP contribution in [0.1, 0.15) is 5.56 Å². The standard InChI is InChI=1S/C13H10N4O2S/c1-7-2-3-14-6-9(7)8-4-10-11(15-5-8)16-12(20-10)17-13(18)19/h2-6H,1H3,(H,18,19)(H,15,16,17). The number of aryl methyl sites for hydroxylation is 1. The minimum Gasteiger partial charge on any atom is -0.465 e. The SMILES string of the molecule is Cc1ccncc1-c1cnc2nc(NC(=O)O)sc2c1. The zero-order valence-corrected chi connectivity index (χ0v) is 11.3. The highest BCUT2D eigenvalue weighted by atomic mass is 32.1. The van der Waals surface area contributed by atoms with E-state index in [1.165, 1.54) is 11.3 Å². The fourth-order valence-electron chi connectivity index (χ4n) is 1.88. The van der Waals surface area contributed by atoms with Crippen molar-refractivity contribution in [1.82, 2.24) is 15.0 Å². The average Bonchev–Trinajstić information content (AvgIpc) is 2.79. The van der Waals surface area contributed by atoms with E-state index in [2.05, 4.69) is 20.3 Å². The van der Waals surface area contributed by atoms with Crippen LogP contribution in [0.3, 0.4) is 0 Å². The Kier molecular flexibility index (Phi) is 3.03. The molecule has 0 fully saturated rings. The second-order valence-corrected chi connectivity index (χ2v) is 5.22. The van der Waals surface area contributed by atoms with Crippen LogP contribution in [0, 0.1) is 6.92 Å². The fraction of sp³-hybridized carbons (Fsp3) is 0.0769. The van der Waals surface area contributed by atoms with Gasteiger partial charge in [-0.25, -0.2) is 9.78 Å². The van der Waals surface area contributed by atoms with Crippen LogP contribution >= 0.6 is 11.3 Å². The van der Waals surface area contributed by atoms with Gasteiger partial charge in [-0.05, 0) is 24.6 Å². The quantitative estimate of drug-likeness (QED) is 0.755. The molecule has 1 amide bonds. The van der Waals surface area contributed by atoms with Crippen molar-refractivity contribution in [2.24, 2.45) is 0 Å². The molecule has 20 heavy (non-hydrogen) atoms. The normalized spacial score (nSPS) is 10.7. The third-order valence-corrected chi connectivity index (χ3v) is 3.72. The van der Waals surface area contributed by atoms with Crippen molar-refractivity contribution >= 4 is 32.9 Å². The maximum atomic E-state index is 10.6. The Morgan fingerprint density at radius 2 is 2.25 bits per heavy atom. The monoisotopic (exact) mass is 286 g/mol. The predicted molar refractivity (Wildman–Crippen MR) is 77.0 cm³/mol. The number of rotatable bonds is 2. The number of thiazole rings is 1. The Morgan fingerprint density at radius 1 is 1.40 bits per heavy atom. The van der Waals surface area contributed by atoms with Crippen LogP contribution in [0.4, 0.5) is 9.93 Å². The molecule has 0 radical (unpaired) electrons. The number of nitrogens with one attached hydrogen (secondary N) is 1. The maximum absolute atomic E-state index is 10.6. The molecule has 3 aromatic heterocycles. The minimum atomic E-state index is -1.13. The molecule has 3 aromatic rings.